The van der Waals surface area contributed by atoms with Crippen molar-refractivity contribution < 1.29 is 27.9 Å². The normalized spacial score (nSPS) is 10.5. The molecule has 0 saturated heterocycles. The van der Waals surface area contributed by atoms with E-state index in [0.717, 1.165) is 6.07 Å². The summed E-state index contributed by atoms with van der Waals surface area (Å²) in [4.78, 5) is 26.3. The van der Waals surface area contributed by atoms with Gasteiger partial charge in [-0.05, 0) is 19.1 Å². The van der Waals surface area contributed by atoms with Gasteiger partial charge in [-0.15, -0.1) is 0 Å². The number of rotatable bonds is 3. The van der Waals surface area contributed by atoms with E-state index in [0.29, 0.717) is 17.4 Å². The Bertz CT molecular complexity index is 746. The zero-order valence-corrected chi connectivity index (χ0v) is 11.2. The molecule has 1 amide bonds. The van der Waals surface area contributed by atoms with Crippen LogP contribution in [0.3, 0.4) is 0 Å². The Hall–Kier alpha value is -2.42. The number of carbonyl (C=O) groups excluding carboxylic acids is 1. The largest absolute Gasteiger partial charge is 0.477 e. The van der Waals surface area contributed by atoms with Gasteiger partial charge < -0.3 is 5.11 Å². The van der Waals surface area contributed by atoms with Crippen molar-refractivity contribution in [2.24, 2.45) is 0 Å². The molecule has 5 nitrogen and oxygen atoms in total. The van der Waals surface area contributed by atoms with Gasteiger partial charge in [-0.2, -0.15) is 0 Å². The molecule has 110 valence electrons. The van der Waals surface area contributed by atoms with Crippen molar-refractivity contribution in [2.45, 2.75) is 6.92 Å². The molecule has 2 aromatic rings. The molecule has 0 aliphatic heterocycles. The number of benzene rings is 1. The highest BCUT2D eigenvalue weighted by molar-refractivity contribution is 7.17. The van der Waals surface area contributed by atoms with Crippen molar-refractivity contribution in [3.63, 3.8) is 0 Å². The van der Waals surface area contributed by atoms with Crippen molar-refractivity contribution in [3.8, 4) is 0 Å². The Morgan fingerprint density at radius 2 is 1.90 bits per heavy atom. The Balaban J connectivity index is 2.28. The summed E-state index contributed by atoms with van der Waals surface area (Å²) in [7, 11) is 0. The van der Waals surface area contributed by atoms with E-state index < -0.39 is 34.9 Å². The van der Waals surface area contributed by atoms with E-state index in [1.807, 2.05) is 0 Å². The van der Waals surface area contributed by atoms with Gasteiger partial charge in [0.15, 0.2) is 22.6 Å². The van der Waals surface area contributed by atoms with Crippen LogP contribution >= 0.6 is 11.3 Å². The van der Waals surface area contributed by atoms with Crippen LogP contribution in [-0.4, -0.2) is 22.0 Å². The second-order valence-corrected chi connectivity index (χ2v) is 4.91. The number of anilines is 1. The first kappa shape index (κ1) is 15.0. The maximum atomic E-state index is 13.4. The summed E-state index contributed by atoms with van der Waals surface area (Å²) in [6, 6.07) is 1.39. The maximum Gasteiger partial charge on any atom is 0.347 e. The van der Waals surface area contributed by atoms with Crippen molar-refractivity contribution in [2.75, 3.05) is 5.32 Å². The summed E-state index contributed by atoms with van der Waals surface area (Å²) >= 11 is 0.671. The van der Waals surface area contributed by atoms with Gasteiger partial charge in [0.25, 0.3) is 5.91 Å². The van der Waals surface area contributed by atoms with E-state index in [1.165, 1.54) is 6.92 Å². The van der Waals surface area contributed by atoms with Gasteiger partial charge in [0.1, 0.15) is 4.88 Å². The molecule has 0 aliphatic rings. The van der Waals surface area contributed by atoms with Gasteiger partial charge in [-0.25, -0.2) is 22.9 Å². The highest BCUT2D eigenvalue weighted by Crippen LogP contribution is 2.23. The monoisotopic (exact) mass is 316 g/mol. The number of aromatic nitrogens is 1. The highest BCUT2D eigenvalue weighted by Gasteiger charge is 2.21. The molecule has 0 fully saturated rings. The summed E-state index contributed by atoms with van der Waals surface area (Å²) in [5.41, 5.74) is -0.535. The third-order valence-electron chi connectivity index (χ3n) is 2.49. The van der Waals surface area contributed by atoms with Gasteiger partial charge in [0.2, 0.25) is 0 Å². The zero-order valence-electron chi connectivity index (χ0n) is 10.4. The fourth-order valence-electron chi connectivity index (χ4n) is 1.51. The average Bonchev–Trinajstić information content (AvgIpc) is 2.77. The molecule has 0 atom stereocenters. The van der Waals surface area contributed by atoms with Crippen LogP contribution in [0.5, 0.6) is 0 Å². The Morgan fingerprint density at radius 1 is 1.24 bits per heavy atom. The predicted molar refractivity (Wildman–Crippen MR) is 68.1 cm³/mol. The van der Waals surface area contributed by atoms with E-state index in [2.05, 4.69) is 10.3 Å². The molecule has 1 aromatic heterocycles. The van der Waals surface area contributed by atoms with Crippen LogP contribution in [0.1, 0.15) is 25.7 Å². The Morgan fingerprint density at radius 3 is 2.48 bits per heavy atom. The van der Waals surface area contributed by atoms with Crippen LogP contribution < -0.4 is 5.32 Å². The number of halogens is 3. The fraction of sp³-hybridized carbons (Fsp3) is 0.0833. The van der Waals surface area contributed by atoms with Gasteiger partial charge in [0.05, 0.1) is 11.3 Å². The number of aromatic carboxylic acids is 1. The van der Waals surface area contributed by atoms with E-state index in [-0.39, 0.29) is 15.7 Å². The lowest BCUT2D eigenvalue weighted by Gasteiger charge is -2.04. The minimum Gasteiger partial charge on any atom is -0.477 e. The second-order valence-electron chi connectivity index (χ2n) is 3.92. The third-order valence-corrected chi connectivity index (χ3v) is 3.55. The first-order valence-corrected chi connectivity index (χ1v) is 6.28. The van der Waals surface area contributed by atoms with Gasteiger partial charge in [-0.3, -0.25) is 10.1 Å². The van der Waals surface area contributed by atoms with E-state index in [4.69, 9.17) is 5.11 Å². The summed E-state index contributed by atoms with van der Waals surface area (Å²) in [6.07, 6.45) is 0. The molecular formula is C12H7F3N2O3S. The van der Waals surface area contributed by atoms with Crippen molar-refractivity contribution in [1.29, 1.82) is 0 Å². The number of carboxylic acid groups (broad SMARTS) is 1. The van der Waals surface area contributed by atoms with Crippen LogP contribution in [0.2, 0.25) is 0 Å². The standard InChI is InChI=1S/C12H7F3N2O3S/c1-4-9(11(19)20)21-12(16-4)17-10(18)5-2-3-6(13)8(15)7(5)14/h2-3H,1H3,(H,19,20)(H,16,17,18). The topological polar surface area (TPSA) is 79.3 Å². The average molecular weight is 316 g/mol. The summed E-state index contributed by atoms with van der Waals surface area (Å²) in [5, 5.41) is 10.9. The molecule has 0 spiro atoms. The molecule has 2 N–H and O–H groups in total. The zero-order chi connectivity index (χ0) is 15.7. The number of nitrogens with one attached hydrogen (secondary N) is 1. The van der Waals surface area contributed by atoms with Crippen molar-refractivity contribution in [1.82, 2.24) is 4.98 Å². The smallest absolute Gasteiger partial charge is 0.347 e. The lowest BCUT2D eigenvalue weighted by atomic mass is 10.2. The molecule has 2 rings (SSSR count). The van der Waals surface area contributed by atoms with Crippen molar-refractivity contribution in [3.05, 3.63) is 45.7 Å². The number of amides is 1. The molecule has 1 heterocycles. The first-order chi connectivity index (χ1) is 9.81. The van der Waals surface area contributed by atoms with E-state index in [1.54, 1.807) is 0 Å². The number of carbonyl (C=O) groups is 2. The molecule has 9 heteroatoms. The molecule has 0 unspecified atom stereocenters. The highest BCUT2D eigenvalue weighted by atomic mass is 32.1. The molecular weight excluding hydrogens is 309 g/mol. The molecule has 21 heavy (non-hydrogen) atoms. The summed E-state index contributed by atoms with van der Waals surface area (Å²) in [6.45, 7) is 1.42. The van der Waals surface area contributed by atoms with Crippen LogP contribution in [0.4, 0.5) is 18.3 Å². The minimum atomic E-state index is -1.76. The molecule has 0 aliphatic carbocycles. The molecule has 0 bridgehead atoms. The molecule has 0 saturated carbocycles. The van der Waals surface area contributed by atoms with E-state index in [9.17, 15) is 22.8 Å². The lowest BCUT2D eigenvalue weighted by molar-refractivity contribution is 0.0701. The number of hydrogen-bond donors (Lipinski definition) is 2. The lowest BCUT2D eigenvalue weighted by Crippen LogP contribution is -2.15. The quantitative estimate of drug-likeness (QED) is 0.853. The number of thiazole rings is 1. The summed E-state index contributed by atoms with van der Waals surface area (Å²) in [5.74, 6) is -7.08. The number of aryl methyl sites for hydroxylation is 1. The Kier molecular flexibility index (Phi) is 3.94. The fourth-order valence-corrected chi connectivity index (χ4v) is 2.31. The van der Waals surface area contributed by atoms with Gasteiger partial charge in [-0.1, -0.05) is 11.3 Å². The van der Waals surface area contributed by atoms with Crippen LogP contribution in [0, 0.1) is 24.4 Å². The van der Waals surface area contributed by atoms with Crippen LogP contribution in [0.25, 0.3) is 0 Å². The van der Waals surface area contributed by atoms with Crippen LogP contribution in [0.15, 0.2) is 12.1 Å². The first-order valence-electron chi connectivity index (χ1n) is 5.46. The number of carboxylic acids is 1. The molecule has 0 radical (unpaired) electrons. The maximum absolute atomic E-state index is 13.4. The number of nitrogens with zero attached hydrogens (tertiary/aromatic N) is 1. The SMILES string of the molecule is Cc1nc(NC(=O)c2ccc(F)c(F)c2F)sc1C(=O)O. The van der Waals surface area contributed by atoms with Gasteiger partial charge >= 0.3 is 5.97 Å². The van der Waals surface area contributed by atoms with Crippen LogP contribution in [-0.2, 0) is 0 Å². The number of hydrogen-bond acceptors (Lipinski definition) is 4. The van der Waals surface area contributed by atoms with E-state index >= 15 is 0 Å². The van der Waals surface area contributed by atoms with Gasteiger partial charge in [0, 0.05) is 0 Å². The van der Waals surface area contributed by atoms with Crippen molar-refractivity contribution >= 4 is 28.3 Å². The Labute approximate surface area is 120 Å². The predicted octanol–water partition coefficient (Wildman–Crippen LogP) is 2.82. The second kappa shape index (κ2) is 5.52. The summed E-state index contributed by atoms with van der Waals surface area (Å²) < 4.78 is 39.3. The third kappa shape index (κ3) is 2.87. The minimum absolute atomic E-state index is 0.0842. The molecule has 1 aromatic carbocycles.